The lowest BCUT2D eigenvalue weighted by Crippen LogP contribution is -2.15. The van der Waals surface area contributed by atoms with Gasteiger partial charge in [-0.1, -0.05) is 0 Å². The quantitative estimate of drug-likeness (QED) is 0.525. The number of aromatic nitrogens is 4. The van der Waals surface area contributed by atoms with Crippen LogP contribution in [-0.2, 0) is 11.8 Å². The summed E-state index contributed by atoms with van der Waals surface area (Å²) in [5.74, 6) is -0.162. The fraction of sp³-hybridized carbons (Fsp3) is 0.190. The molecule has 1 fully saturated rings. The molecule has 3 N–H and O–H groups in total. The Morgan fingerprint density at radius 3 is 2.93 bits per heavy atom. The molecule has 8 nitrogen and oxygen atoms in total. The van der Waals surface area contributed by atoms with Crippen molar-refractivity contribution in [1.82, 2.24) is 19.7 Å². The molecule has 1 amide bonds. The number of amides is 1. The van der Waals surface area contributed by atoms with Gasteiger partial charge in [-0.3, -0.25) is 14.5 Å². The van der Waals surface area contributed by atoms with Crippen LogP contribution in [0.1, 0.15) is 6.42 Å². The lowest BCUT2D eigenvalue weighted by atomic mass is 10.00. The van der Waals surface area contributed by atoms with Crippen molar-refractivity contribution in [3.05, 3.63) is 43.0 Å². The van der Waals surface area contributed by atoms with Gasteiger partial charge in [-0.2, -0.15) is 10.4 Å². The summed E-state index contributed by atoms with van der Waals surface area (Å²) < 4.78 is 1.75. The maximum atomic E-state index is 12.2. The van der Waals surface area contributed by atoms with E-state index in [4.69, 9.17) is 11.0 Å². The van der Waals surface area contributed by atoms with Crippen molar-refractivity contribution in [2.45, 2.75) is 6.42 Å². The summed E-state index contributed by atoms with van der Waals surface area (Å²) in [6.45, 7) is 0. The van der Waals surface area contributed by atoms with Gasteiger partial charge < -0.3 is 11.1 Å². The summed E-state index contributed by atoms with van der Waals surface area (Å²) in [6, 6.07) is 7.82. The topological polar surface area (TPSA) is 123 Å². The number of benzene rings is 1. The Balaban J connectivity index is 1.56. The summed E-state index contributed by atoms with van der Waals surface area (Å²) >= 11 is 0. The summed E-state index contributed by atoms with van der Waals surface area (Å²) in [5.41, 5.74) is 9.53. The molecule has 0 spiro atoms. The van der Waals surface area contributed by atoms with Gasteiger partial charge in [-0.15, -0.1) is 0 Å². The SMILES string of the molecule is Cn1cc2c(-c3cc(N)c4cnc(NC(=O)[C@@H]5CC5C#N)cc4c3)cncc2n1. The molecule has 2 atom stereocenters. The molecule has 1 aliphatic rings. The number of pyridine rings is 2. The summed E-state index contributed by atoms with van der Waals surface area (Å²) in [6.07, 6.45) is 7.74. The number of rotatable bonds is 3. The molecule has 29 heavy (non-hydrogen) atoms. The number of carbonyl (C=O) groups excluding carboxylic acids is 1. The van der Waals surface area contributed by atoms with Crippen LogP contribution in [0.2, 0.25) is 0 Å². The highest BCUT2D eigenvalue weighted by molar-refractivity contribution is 6.02. The Bertz CT molecular complexity index is 1330. The highest BCUT2D eigenvalue weighted by Crippen LogP contribution is 2.39. The Kier molecular flexibility index (Phi) is 3.71. The first-order chi connectivity index (χ1) is 14.0. The molecule has 0 aliphatic heterocycles. The van der Waals surface area contributed by atoms with Crippen LogP contribution in [0.3, 0.4) is 0 Å². The van der Waals surface area contributed by atoms with Crippen molar-refractivity contribution in [2.24, 2.45) is 18.9 Å². The Labute approximate surface area is 166 Å². The van der Waals surface area contributed by atoms with Gasteiger partial charge in [0.05, 0.1) is 24.1 Å². The van der Waals surface area contributed by atoms with E-state index in [0.717, 1.165) is 32.8 Å². The number of nitrogens with one attached hydrogen (secondary N) is 1. The number of aryl methyl sites for hydroxylation is 1. The van der Waals surface area contributed by atoms with E-state index in [1.54, 1.807) is 29.3 Å². The van der Waals surface area contributed by atoms with Crippen LogP contribution in [0.4, 0.5) is 11.5 Å². The summed E-state index contributed by atoms with van der Waals surface area (Å²) in [4.78, 5) is 20.8. The van der Waals surface area contributed by atoms with Crippen molar-refractivity contribution in [3.63, 3.8) is 0 Å². The first-order valence-electron chi connectivity index (χ1n) is 9.21. The molecule has 0 bridgehead atoms. The second-order valence-electron chi connectivity index (χ2n) is 7.35. The van der Waals surface area contributed by atoms with Gasteiger partial charge in [0.1, 0.15) is 11.3 Å². The summed E-state index contributed by atoms with van der Waals surface area (Å²) in [5, 5.41) is 18.8. The number of nitrogen functional groups attached to an aromatic ring is 1. The zero-order valence-corrected chi connectivity index (χ0v) is 15.6. The molecule has 142 valence electrons. The molecule has 4 aromatic rings. The van der Waals surface area contributed by atoms with Crippen LogP contribution in [0.5, 0.6) is 0 Å². The minimum Gasteiger partial charge on any atom is -0.398 e. The fourth-order valence-electron chi connectivity index (χ4n) is 3.65. The number of hydrogen-bond donors (Lipinski definition) is 2. The third-order valence-electron chi connectivity index (χ3n) is 5.27. The highest BCUT2D eigenvalue weighted by atomic mass is 16.2. The van der Waals surface area contributed by atoms with Crippen LogP contribution in [0, 0.1) is 23.2 Å². The molecule has 3 aromatic heterocycles. The number of nitrogens with two attached hydrogens (primary N) is 1. The van der Waals surface area contributed by atoms with E-state index >= 15 is 0 Å². The zero-order chi connectivity index (χ0) is 20.1. The van der Waals surface area contributed by atoms with Gasteiger partial charge in [0.15, 0.2) is 0 Å². The van der Waals surface area contributed by atoms with E-state index in [9.17, 15) is 4.79 Å². The highest BCUT2D eigenvalue weighted by Gasteiger charge is 2.43. The average molecular weight is 383 g/mol. The van der Waals surface area contributed by atoms with Crippen LogP contribution >= 0.6 is 0 Å². The monoisotopic (exact) mass is 383 g/mol. The van der Waals surface area contributed by atoms with Crippen molar-refractivity contribution in [3.8, 4) is 17.2 Å². The second kappa shape index (κ2) is 6.27. The number of carbonyl (C=O) groups is 1. The molecule has 5 rings (SSSR count). The molecule has 8 heteroatoms. The number of anilines is 2. The molecule has 1 unspecified atom stereocenters. The van der Waals surface area contributed by atoms with Gasteiger partial charge in [0, 0.05) is 47.7 Å². The first kappa shape index (κ1) is 17.1. The van der Waals surface area contributed by atoms with Crippen LogP contribution < -0.4 is 11.1 Å². The summed E-state index contributed by atoms with van der Waals surface area (Å²) in [7, 11) is 1.87. The number of nitriles is 1. The first-order valence-corrected chi connectivity index (χ1v) is 9.21. The Morgan fingerprint density at radius 2 is 2.14 bits per heavy atom. The van der Waals surface area contributed by atoms with Crippen molar-refractivity contribution < 1.29 is 4.79 Å². The molecule has 1 saturated carbocycles. The predicted molar refractivity (Wildman–Crippen MR) is 109 cm³/mol. The molecule has 3 heterocycles. The number of hydrogen-bond acceptors (Lipinski definition) is 6. The van der Waals surface area contributed by atoms with E-state index in [0.29, 0.717) is 17.9 Å². The third kappa shape index (κ3) is 2.93. The van der Waals surface area contributed by atoms with Crippen molar-refractivity contribution in [1.29, 1.82) is 5.26 Å². The van der Waals surface area contributed by atoms with E-state index in [2.05, 4.69) is 26.5 Å². The largest absolute Gasteiger partial charge is 0.398 e. The van der Waals surface area contributed by atoms with Gasteiger partial charge in [0.2, 0.25) is 5.91 Å². The number of nitrogens with zero attached hydrogens (tertiary/aromatic N) is 5. The van der Waals surface area contributed by atoms with E-state index in [1.165, 1.54) is 0 Å². The molecule has 0 saturated heterocycles. The van der Waals surface area contributed by atoms with E-state index in [-0.39, 0.29) is 17.7 Å². The Hall–Kier alpha value is -3.99. The van der Waals surface area contributed by atoms with Crippen LogP contribution in [0.25, 0.3) is 32.8 Å². The lowest BCUT2D eigenvalue weighted by molar-refractivity contribution is -0.117. The Morgan fingerprint density at radius 1 is 1.28 bits per heavy atom. The van der Waals surface area contributed by atoms with Gasteiger partial charge in [-0.05, 0) is 35.6 Å². The van der Waals surface area contributed by atoms with Crippen molar-refractivity contribution in [2.75, 3.05) is 11.1 Å². The smallest absolute Gasteiger partial charge is 0.230 e. The molecular weight excluding hydrogens is 366 g/mol. The molecule has 1 aromatic carbocycles. The van der Waals surface area contributed by atoms with E-state index in [1.807, 2.05) is 25.4 Å². The standard InChI is InChI=1S/C21H17N7O/c1-28-10-17-15(7-24-9-19(17)27-28)11-2-12-5-20(25-8-16(12)18(23)4-11)26-21(29)14-3-13(14)6-22/h2,4-5,7-10,13-14H,3,23H2,1H3,(H,25,26,29)/t13?,14-/m1/s1. The fourth-order valence-corrected chi connectivity index (χ4v) is 3.65. The minimum absolute atomic E-state index is 0.170. The van der Waals surface area contributed by atoms with E-state index < -0.39 is 0 Å². The van der Waals surface area contributed by atoms with Gasteiger partial charge in [-0.25, -0.2) is 4.98 Å². The average Bonchev–Trinajstić information content (AvgIpc) is 3.40. The number of fused-ring (bicyclic) bond motifs is 2. The second-order valence-corrected chi connectivity index (χ2v) is 7.35. The molecule has 0 radical (unpaired) electrons. The maximum absolute atomic E-state index is 12.2. The normalized spacial score (nSPS) is 17.9. The van der Waals surface area contributed by atoms with Crippen LogP contribution in [0.15, 0.2) is 43.0 Å². The predicted octanol–water partition coefficient (Wildman–Crippen LogP) is 2.86. The third-order valence-corrected chi connectivity index (χ3v) is 5.27. The van der Waals surface area contributed by atoms with Crippen molar-refractivity contribution >= 4 is 39.1 Å². The van der Waals surface area contributed by atoms with Gasteiger partial charge in [0.25, 0.3) is 0 Å². The molecule has 1 aliphatic carbocycles. The maximum Gasteiger partial charge on any atom is 0.230 e. The minimum atomic E-state index is -0.247. The molecular formula is C21H17N7O. The van der Waals surface area contributed by atoms with Crippen LogP contribution in [-0.4, -0.2) is 25.7 Å². The lowest BCUT2D eigenvalue weighted by Gasteiger charge is -2.10. The zero-order valence-electron chi connectivity index (χ0n) is 15.6. The van der Waals surface area contributed by atoms with Gasteiger partial charge >= 0.3 is 0 Å².